The van der Waals surface area contributed by atoms with E-state index in [0.29, 0.717) is 13.1 Å². The molecule has 9 nitrogen and oxygen atoms in total. The van der Waals surface area contributed by atoms with Crippen molar-refractivity contribution in [3.05, 3.63) is 18.0 Å². The third-order valence-corrected chi connectivity index (χ3v) is 3.41. The molecule has 0 unspecified atom stereocenters. The van der Waals surface area contributed by atoms with E-state index in [2.05, 4.69) is 10.4 Å². The molecule has 1 saturated heterocycles. The second-order valence-corrected chi connectivity index (χ2v) is 5.95. The van der Waals surface area contributed by atoms with E-state index < -0.39 is 23.5 Å². The second-order valence-electron chi connectivity index (χ2n) is 5.95. The number of aromatic nitrogens is 2. The summed E-state index contributed by atoms with van der Waals surface area (Å²) in [5.74, 6) is -1.10. The van der Waals surface area contributed by atoms with E-state index in [1.807, 2.05) is 0 Å². The molecule has 2 rings (SSSR count). The Labute approximate surface area is 133 Å². The van der Waals surface area contributed by atoms with Gasteiger partial charge in [-0.25, -0.2) is 9.48 Å². The van der Waals surface area contributed by atoms with E-state index in [9.17, 15) is 14.4 Å². The van der Waals surface area contributed by atoms with Gasteiger partial charge in [-0.2, -0.15) is 5.10 Å². The molecule has 2 heterocycles. The van der Waals surface area contributed by atoms with Crippen molar-refractivity contribution in [2.45, 2.75) is 25.9 Å². The summed E-state index contributed by atoms with van der Waals surface area (Å²) in [5, 5.41) is 6.94. The Morgan fingerprint density at radius 3 is 2.57 bits per heavy atom. The molecule has 9 heteroatoms. The monoisotopic (exact) mass is 323 g/mol. The zero-order valence-corrected chi connectivity index (χ0v) is 13.2. The van der Waals surface area contributed by atoms with Crippen LogP contribution in [-0.2, 0) is 4.74 Å². The lowest BCUT2D eigenvalue weighted by Crippen LogP contribution is -2.48. The molecule has 0 atom stereocenters. The quantitative estimate of drug-likeness (QED) is 0.794. The number of primary amides is 1. The van der Waals surface area contributed by atoms with Crippen LogP contribution in [0, 0.1) is 0 Å². The molecule has 1 aromatic heterocycles. The normalized spacial score (nSPS) is 15.3. The van der Waals surface area contributed by atoms with Crippen molar-refractivity contribution in [2.24, 2.45) is 5.73 Å². The van der Waals surface area contributed by atoms with Crippen molar-refractivity contribution in [3.8, 4) is 0 Å². The smallest absolute Gasteiger partial charge is 0.410 e. The molecule has 0 aromatic carbocycles. The molecular formula is C14H21N5O4. The van der Waals surface area contributed by atoms with Crippen molar-refractivity contribution in [1.82, 2.24) is 20.0 Å². The van der Waals surface area contributed by atoms with E-state index in [1.54, 1.807) is 18.7 Å². The van der Waals surface area contributed by atoms with Crippen LogP contribution >= 0.6 is 0 Å². The largest absolute Gasteiger partial charge is 0.443 e. The highest BCUT2D eigenvalue weighted by molar-refractivity contribution is 5.91. The molecule has 23 heavy (non-hydrogen) atoms. The zero-order valence-electron chi connectivity index (χ0n) is 13.2. The second kappa shape index (κ2) is 6.78. The lowest BCUT2D eigenvalue weighted by Gasteiger charge is -2.31. The molecule has 0 bridgehead atoms. The maximum atomic E-state index is 12.2. The number of carbonyl (C=O) groups is 3. The number of nitrogens with zero attached hydrogens (tertiary/aromatic N) is 3. The highest BCUT2D eigenvalue weighted by Gasteiger charge is 2.30. The third-order valence-electron chi connectivity index (χ3n) is 3.41. The summed E-state index contributed by atoms with van der Waals surface area (Å²) in [4.78, 5) is 36.9. The SMILES string of the molecule is CC(C)(CC(=O)n1ccc(C(N)=O)n1)OC(=O)N1CCNCC1. The first-order valence-corrected chi connectivity index (χ1v) is 7.36. The molecule has 1 aromatic rings. The minimum atomic E-state index is -0.988. The number of amides is 2. The number of carbonyl (C=O) groups excluding carboxylic acids is 3. The Kier molecular flexibility index (Phi) is 4.99. The van der Waals surface area contributed by atoms with Crippen molar-refractivity contribution in [3.63, 3.8) is 0 Å². The first-order valence-electron chi connectivity index (χ1n) is 7.36. The van der Waals surface area contributed by atoms with Crippen molar-refractivity contribution < 1.29 is 19.1 Å². The number of nitrogens with one attached hydrogen (secondary N) is 1. The zero-order chi connectivity index (χ0) is 17.0. The van der Waals surface area contributed by atoms with Crippen LogP contribution < -0.4 is 11.1 Å². The standard InChI is InChI=1S/C14H21N5O4/c1-14(2,23-13(22)18-7-4-16-5-8-18)9-11(20)19-6-3-10(17-19)12(15)21/h3,6,16H,4-5,7-9H2,1-2H3,(H2,15,21). The fourth-order valence-corrected chi connectivity index (χ4v) is 2.22. The molecule has 0 aliphatic carbocycles. The van der Waals surface area contributed by atoms with Gasteiger partial charge in [0.15, 0.2) is 0 Å². The summed E-state index contributed by atoms with van der Waals surface area (Å²) in [6, 6.07) is 1.36. The van der Waals surface area contributed by atoms with Crippen LogP contribution in [0.1, 0.15) is 35.6 Å². The fraction of sp³-hybridized carbons (Fsp3) is 0.571. The van der Waals surface area contributed by atoms with Crippen LogP contribution in [-0.4, -0.2) is 64.4 Å². The molecule has 126 valence electrons. The molecule has 2 amide bonds. The van der Waals surface area contributed by atoms with E-state index in [-0.39, 0.29) is 12.1 Å². The van der Waals surface area contributed by atoms with Crippen molar-refractivity contribution in [2.75, 3.05) is 26.2 Å². The summed E-state index contributed by atoms with van der Waals surface area (Å²) >= 11 is 0. The predicted octanol–water partition coefficient (Wildman–Crippen LogP) is -0.167. The van der Waals surface area contributed by atoms with Gasteiger partial charge in [0.2, 0.25) is 0 Å². The van der Waals surface area contributed by atoms with Gasteiger partial charge in [0.05, 0.1) is 6.42 Å². The van der Waals surface area contributed by atoms with Crippen LogP contribution in [0.4, 0.5) is 4.79 Å². The lowest BCUT2D eigenvalue weighted by molar-refractivity contribution is 0.00678. The van der Waals surface area contributed by atoms with Crippen LogP contribution in [0.3, 0.4) is 0 Å². The number of hydrogen-bond donors (Lipinski definition) is 2. The van der Waals surface area contributed by atoms with Gasteiger partial charge < -0.3 is 20.7 Å². The van der Waals surface area contributed by atoms with E-state index >= 15 is 0 Å². The minimum absolute atomic E-state index is 0.00830. The first-order chi connectivity index (χ1) is 10.8. The van der Waals surface area contributed by atoms with Gasteiger partial charge in [-0.05, 0) is 19.9 Å². The van der Waals surface area contributed by atoms with Crippen molar-refractivity contribution in [1.29, 1.82) is 0 Å². The maximum Gasteiger partial charge on any atom is 0.410 e. The minimum Gasteiger partial charge on any atom is -0.443 e. The van der Waals surface area contributed by atoms with Crippen LogP contribution in [0.15, 0.2) is 12.3 Å². The van der Waals surface area contributed by atoms with E-state index in [0.717, 1.165) is 17.8 Å². The Morgan fingerprint density at radius 1 is 1.35 bits per heavy atom. The Bertz CT molecular complexity index is 604. The summed E-state index contributed by atoms with van der Waals surface area (Å²) in [6.45, 7) is 5.90. The van der Waals surface area contributed by atoms with Gasteiger partial charge in [0, 0.05) is 32.4 Å². The molecule has 0 spiro atoms. The van der Waals surface area contributed by atoms with Crippen molar-refractivity contribution >= 4 is 17.9 Å². The van der Waals surface area contributed by atoms with E-state index in [1.165, 1.54) is 12.3 Å². The number of rotatable bonds is 4. The topological polar surface area (TPSA) is 120 Å². The highest BCUT2D eigenvalue weighted by atomic mass is 16.6. The Hall–Kier alpha value is -2.42. The van der Waals surface area contributed by atoms with Crippen LogP contribution in [0.25, 0.3) is 0 Å². The summed E-state index contributed by atoms with van der Waals surface area (Å²) in [7, 11) is 0. The summed E-state index contributed by atoms with van der Waals surface area (Å²) < 4.78 is 6.46. The number of piperazine rings is 1. The van der Waals surface area contributed by atoms with E-state index in [4.69, 9.17) is 10.5 Å². The van der Waals surface area contributed by atoms with Gasteiger partial charge in [0.25, 0.3) is 11.8 Å². The van der Waals surface area contributed by atoms with Crippen LogP contribution in [0.5, 0.6) is 0 Å². The molecular weight excluding hydrogens is 302 g/mol. The third kappa shape index (κ3) is 4.52. The number of hydrogen-bond acceptors (Lipinski definition) is 6. The fourth-order valence-electron chi connectivity index (χ4n) is 2.22. The maximum absolute atomic E-state index is 12.2. The molecule has 3 N–H and O–H groups in total. The van der Waals surface area contributed by atoms with Crippen LogP contribution in [0.2, 0.25) is 0 Å². The van der Waals surface area contributed by atoms with Gasteiger partial charge in [0.1, 0.15) is 11.3 Å². The van der Waals surface area contributed by atoms with Gasteiger partial charge in [-0.15, -0.1) is 0 Å². The first kappa shape index (κ1) is 16.9. The molecule has 1 fully saturated rings. The lowest BCUT2D eigenvalue weighted by atomic mass is 10.1. The number of nitrogens with two attached hydrogens (primary N) is 1. The summed E-state index contributed by atoms with van der Waals surface area (Å²) in [6.07, 6.45) is 0.851. The van der Waals surface area contributed by atoms with Gasteiger partial charge in [-0.1, -0.05) is 0 Å². The average molecular weight is 323 g/mol. The molecule has 1 aliphatic rings. The number of ether oxygens (including phenoxy) is 1. The Balaban J connectivity index is 1.94. The van der Waals surface area contributed by atoms with Gasteiger partial charge in [-0.3, -0.25) is 9.59 Å². The Morgan fingerprint density at radius 2 is 2.00 bits per heavy atom. The average Bonchev–Trinajstić information content (AvgIpc) is 2.97. The van der Waals surface area contributed by atoms with Gasteiger partial charge >= 0.3 is 6.09 Å². The molecule has 0 saturated carbocycles. The predicted molar refractivity (Wildman–Crippen MR) is 81.0 cm³/mol. The summed E-state index contributed by atoms with van der Waals surface area (Å²) in [5.41, 5.74) is 4.12. The molecule has 0 radical (unpaired) electrons. The molecule has 1 aliphatic heterocycles. The highest BCUT2D eigenvalue weighted by Crippen LogP contribution is 2.17.